The van der Waals surface area contributed by atoms with Gasteiger partial charge in [-0.1, -0.05) is 11.3 Å². The van der Waals surface area contributed by atoms with Gasteiger partial charge in [0.1, 0.15) is 0 Å². The average Bonchev–Trinajstić information content (AvgIpc) is 2.57. The van der Waals surface area contributed by atoms with Crippen molar-refractivity contribution in [1.29, 1.82) is 0 Å². The molecular formula is C10H11N3OS. The number of nitrogen functional groups attached to an aromatic ring is 1. The van der Waals surface area contributed by atoms with Crippen LogP contribution in [-0.4, -0.2) is 17.4 Å². The highest BCUT2D eigenvalue weighted by Crippen LogP contribution is 2.24. The lowest BCUT2D eigenvalue weighted by Crippen LogP contribution is -2.22. The molecule has 0 atom stereocenters. The van der Waals surface area contributed by atoms with E-state index in [4.69, 9.17) is 5.73 Å². The smallest absolute Gasteiger partial charge is 0.251 e. The van der Waals surface area contributed by atoms with Crippen LogP contribution in [0.3, 0.4) is 0 Å². The van der Waals surface area contributed by atoms with Crippen LogP contribution in [0.4, 0.5) is 5.13 Å². The fourth-order valence-electron chi connectivity index (χ4n) is 1.35. The molecule has 0 saturated carbocycles. The van der Waals surface area contributed by atoms with E-state index in [0.29, 0.717) is 17.2 Å². The molecule has 2 rings (SSSR count). The number of aromatic nitrogens is 1. The predicted octanol–water partition coefficient (Wildman–Crippen LogP) is 1.63. The van der Waals surface area contributed by atoms with Crippen molar-refractivity contribution in [3.8, 4) is 0 Å². The molecular weight excluding hydrogens is 210 g/mol. The number of benzene rings is 1. The van der Waals surface area contributed by atoms with Gasteiger partial charge in [0, 0.05) is 12.1 Å². The summed E-state index contributed by atoms with van der Waals surface area (Å²) in [5.74, 6) is -0.0635. The van der Waals surface area contributed by atoms with Gasteiger partial charge in [-0.05, 0) is 25.1 Å². The Labute approximate surface area is 91.1 Å². The van der Waals surface area contributed by atoms with Crippen molar-refractivity contribution in [2.45, 2.75) is 6.92 Å². The van der Waals surface area contributed by atoms with Gasteiger partial charge in [0.2, 0.25) is 0 Å². The van der Waals surface area contributed by atoms with Crippen LogP contribution in [0.1, 0.15) is 17.3 Å². The molecule has 5 heteroatoms. The van der Waals surface area contributed by atoms with E-state index in [-0.39, 0.29) is 5.91 Å². The molecule has 78 valence electrons. The Kier molecular flexibility index (Phi) is 2.55. The number of carbonyl (C=O) groups is 1. The Hall–Kier alpha value is -1.62. The highest BCUT2D eigenvalue weighted by atomic mass is 32.1. The molecule has 4 nitrogen and oxygen atoms in total. The van der Waals surface area contributed by atoms with Gasteiger partial charge in [-0.25, -0.2) is 4.98 Å². The molecule has 0 bridgehead atoms. The summed E-state index contributed by atoms with van der Waals surface area (Å²) < 4.78 is 0.941. The van der Waals surface area contributed by atoms with E-state index in [1.165, 1.54) is 11.3 Å². The van der Waals surface area contributed by atoms with Crippen LogP contribution >= 0.6 is 11.3 Å². The van der Waals surface area contributed by atoms with Crippen molar-refractivity contribution in [3.63, 3.8) is 0 Å². The second kappa shape index (κ2) is 3.86. The third-order valence-corrected chi connectivity index (χ3v) is 2.85. The number of nitrogens with two attached hydrogens (primary N) is 1. The molecule has 0 aliphatic heterocycles. The van der Waals surface area contributed by atoms with Crippen molar-refractivity contribution >= 4 is 32.6 Å². The first kappa shape index (κ1) is 9.92. The summed E-state index contributed by atoms with van der Waals surface area (Å²) in [6.07, 6.45) is 0. The lowest BCUT2D eigenvalue weighted by molar-refractivity contribution is 0.0956. The van der Waals surface area contributed by atoms with Crippen molar-refractivity contribution < 1.29 is 4.79 Å². The Bertz CT molecular complexity index is 506. The first-order chi connectivity index (χ1) is 7.20. The highest BCUT2D eigenvalue weighted by Gasteiger charge is 2.07. The van der Waals surface area contributed by atoms with Crippen molar-refractivity contribution in [3.05, 3.63) is 23.8 Å². The van der Waals surface area contributed by atoms with Gasteiger partial charge in [-0.2, -0.15) is 0 Å². The summed E-state index contributed by atoms with van der Waals surface area (Å²) in [5, 5.41) is 3.27. The maximum atomic E-state index is 11.5. The first-order valence-corrected chi connectivity index (χ1v) is 5.46. The van der Waals surface area contributed by atoms with Crippen LogP contribution < -0.4 is 11.1 Å². The second-order valence-electron chi connectivity index (χ2n) is 3.09. The molecule has 2 aromatic rings. The lowest BCUT2D eigenvalue weighted by Gasteiger charge is -2.00. The Balaban J connectivity index is 2.41. The molecule has 0 aliphatic rings. The number of amides is 1. The van der Waals surface area contributed by atoms with Crippen LogP contribution in [0, 0.1) is 0 Å². The van der Waals surface area contributed by atoms with E-state index < -0.39 is 0 Å². The molecule has 0 saturated heterocycles. The molecule has 0 spiro atoms. The number of anilines is 1. The largest absolute Gasteiger partial charge is 0.375 e. The summed E-state index contributed by atoms with van der Waals surface area (Å²) in [7, 11) is 0. The number of carbonyl (C=O) groups excluding carboxylic acids is 1. The van der Waals surface area contributed by atoms with Gasteiger partial charge in [0.15, 0.2) is 5.13 Å². The number of hydrogen-bond acceptors (Lipinski definition) is 4. The topological polar surface area (TPSA) is 68.0 Å². The van der Waals surface area contributed by atoms with Gasteiger partial charge in [0.05, 0.1) is 10.2 Å². The number of fused-ring (bicyclic) bond motifs is 1. The van der Waals surface area contributed by atoms with Crippen LogP contribution in [0.15, 0.2) is 18.2 Å². The zero-order valence-electron chi connectivity index (χ0n) is 8.28. The van der Waals surface area contributed by atoms with Crippen LogP contribution in [-0.2, 0) is 0 Å². The van der Waals surface area contributed by atoms with Gasteiger partial charge < -0.3 is 11.1 Å². The van der Waals surface area contributed by atoms with Crippen LogP contribution in [0.2, 0.25) is 0 Å². The third-order valence-electron chi connectivity index (χ3n) is 2.00. The summed E-state index contributed by atoms with van der Waals surface area (Å²) in [6, 6.07) is 5.38. The maximum absolute atomic E-state index is 11.5. The van der Waals surface area contributed by atoms with E-state index in [2.05, 4.69) is 10.3 Å². The van der Waals surface area contributed by atoms with E-state index in [0.717, 1.165) is 10.2 Å². The number of nitrogens with one attached hydrogen (secondary N) is 1. The molecule has 0 fully saturated rings. The Morgan fingerprint density at radius 3 is 3.13 bits per heavy atom. The minimum absolute atomic E-state index is 0.0635. The van der Waals surface area contributed by atoms with Crippen molar-refractivity contribution in [2.24, 2.45) is 0 Å². The van der Waals surface area contributed by atoms with Gasteiger partial charge in [0.25, 0.3) is 5.91 Å². The fourth-order valence-corrected chi connectivity index (χ4v) is 2.12. The minimum atomic E-state index is -0.0635. The molecule has 1 heterocycles. The molecule has 0 radical (unpaired) electrons. The lowest BCUT2D eigenvalue weighted by atomic mass is 10.2. The summed E-state index contributed by atoms with van der Waals surface area (Å²) in [5.41, 5.74) is 7.07. The minimum Gasteiger partial charge on any atom is -0.375 e. The number of rotatable bonds is 2. The zero-order chi connectivity index (χ0) is 10.8. The number of thiazole rings is 1. The highest BCUT2D eigenvalue weighted by molar-refractivity contribution is 7.22. The van der Waals surface area contributed by atoms with Gasteiger partial charge in [-0.3, -0.25) is 4.79 Å². The third kappa shape index (κ3) is 1.92. The van der Waals surface area contributed by atoms with E-state index in [9.17, 15) is 4.79 Å². The van der Waals surface area contributed by atoms with Crippen molar-refractivity contribution in [1.82, 2.24) is 10.3 Å². The Morgan fingerprint density at radius 2 is 2.40 bits per heavy atom. The second-order valence-corrected chi connectivity index (χ2v) is 4.16. The average molecular weight is 221 g/mol. The number of hydrogen-bond donors (Lipinski definition) is 2. The zero-order valence-corrected chi connectivity index (χ0v) is 9.10. The van der Waals surface area contributed by atoms with E-state index in [1.807, 2.05) is 19.1 Å². The molecule has 0 unspecified atom stereocenters. The predicted molar refractivity (Wildman–Crippen MR) is 62.0 cm³/mol. The summed E-state index contributed by atoms with van der Waals surface area (Å²) in [4.78, 5) is 15.7. The monoisotopic (exact) mass is 221 g/mol. The maximum Gasteiger partial charge on any atom is 0.251 e. The quantitative estimate of drug-likeness (QED) is 0.809. The van der Waals surface area contributed by atoms with Crippen LogP contribution in [0.5, 0.6) is 0 Å². The Morgan fingerprint density at radius 1 is 1.60 bits per heavy atom. The number of nitrogens with zero attached hydrogens (tertiary/aromatic N) is 1. The molecule has 0 aliphatic carbocycles. The summed E-state index contributed by atoms with van der Waals surface area (Å²) >= 11 is 1.39. The standard InChI is InChI=1S/C10H11N3OS/c1-2-12-9(14)6-3-4-7-8(5-6)15-10(11)13-7/h3-5H,2H2,1H3,(H2,11,13)(H,12,14). The molecule has 3 N–H and O–H groups in total. The first-order valence-electron chi connectivity index (χ1n) is 4.65. The summed E-state index contributed by atoms with van der Waals surface area (Å²) in [6.45, 7) is 2.52. The SMILES string of the molecule is CCNC(=O)c1ccc2nc(N)sc2c1. The normalized spacial score (nSPS) is 10.5. The molecule has 15 heavy (non-hydrogen) atoms. The van der Waals surface area contributed by atoms with E-state index >= 15 is 0 Å². The van der Waals surface area contributed by atoms with Gasteiger partial charge >= 0.3 is 0 Å². The van der Waals surface area contributed by atoms with Gasteiger partial charge in [-0.15, -0.1) is 0 Å². The molecule has 1 amide bonds. The molecule has 1 aromatic heterocycles. The van der Waals surface area contributed by atoms with Crippen LogP contribution in [0.25, 0.3) is 10.2 Å². The molecule has 1 aromatic carbocycles. The fraction of sp³-hybridized carbons (Fsp3) is 0.200. The van der Waals surface area contributed by atoms with E-state index in [1.54, 1.807) is 6.07 Å². The van der Waals surface area contributed by atoms with Crippen molar-refractivity contribution in [2.75, 3.05) is 12.3 Å².